The van der Waals surface area contributed by atoms with Crippen molar-refractivity contribution in [2.24, 2.45) is 0 Å². The number of rotatable bonds is 25. The lowest BCUT2D eigenvalue weighted by Crippen LogP contribution is -2.50. The molecule has 1 N–H and O–H groups in total. The number of carboxylic acids is 1. The Balaban J connectivity index is 3.65. The first-order valence-electron chi connectivity index (χ1n) is 14.4. The fourth-order valence-corrected chi connectivity index (χ4v) is 5.12. The Morgan fingerprint density at radius 2 is 1.09 bits per heavy atom. The first kappa shape index (κ1) is 32.4. The van der Waals surface area contributed by atoms with E-state index >= 15 is 0 Å². The van der Waals surface area contributed by atoms with E-state index in [1.807, 2.05) is 6.92 Å². The highest BCUT2D eigenvalue weighted by molar-refractivity contribution is 5.64. The average molecular weight is 470 g/mol. The molecule has 198 valence electrons. The lowest BCUT2D eigenvalue weighted by molar-refractivity contribution is -0.896. The summed E-state index contributed by atoms with van der Waals surface area (Å²) < 4.78 is 0.886. The minimum absolute atomic E-state index is 0.199. The molecule has 0 aliphatic carbocycles. The quantitative estimate of drug-likeness (QED) is 0.118. The third-order valence-corrected chi connectivity index (χ3v) is 6.98. The number of hydrogen-bond donors (Lipinski definition) is 1. The van der Waals surface area contributed by atoms with Crippen LogP contribution < -0.4 is 5.11 Å². The van der Waals surface area contributed by atoms with Gasteiger partial charge in [-0.05, 0) is 39.0 Å². The van der Waals surface area contributed by atoms with E-state index in [0.717, 1.165) is 49.7 Å². The van der Waals surface area contributed by atoms with E-state index in [1.165, 1.54) is 96.3 Å². The molecular formula is C29H59NO3. The molecule has 0 saturated heterocycles. The maximum Gasteiger partial charge on any atom is 0.111 e. The van der Waals surface area contributed by atoms with E-state index in [0.29, 0.717) is 0 Å². The van der Waals surface area contributed by atoms with Crippen LogP contribution in [-0.4, -0.2) is 48.3 Å². The van der Waals surface area contributed by atoms with Gasteiger partial charge in [-0.1, -0.05) is 110 Å². The molecule has 0 aliphatic rings. The van der Waals surface area contributed by atoms with E-state index in [-0.39, 0.29) is 6.42 Å². The summed E-state index contributed by atoms with van der Waals surface area (Å²) in [6, 6.07) is 0. The summed E-state index contributed by atoms with van der Waals surface area (Å²) in [5.74, 6) is -0.926. The first-order valence-corrected chi connectivity index (χ1v) is 14.4. The SMILES string of the molecule is CCCCCCCCCCCCCCC(C)(O)C[N+](C)(C)CCCCCCCCCC(=O)[O-]. The maximum atomic E-state index is 10.9. The summed E-state index contributed by atoms with van der Waals surface area (Å²) in [6.45, 7) is 6.24. The van der Waals surface area contributed by atoms with E-state index in [9.17, 15) is 15.0 Å². The zero-order valence-corrected chi connectivity index (χ0v) is 23.0. The number of aliphatic hydroxyl groups is 1. The standard InChI is InChI=1S/C29H59NO3/c1-5-6-7-8-9-10-11-12-13-16-19-22-25-29(2,33)27-30(3,4)26-23-20-17-14-15-18-21-24-28(31)32/h33H,5-27H2,1-4H3. The highest BCUT2D eigenvalue weighted by Crippen LogP contribution is 2.20. The van der Waals surface area contributed by atoms with Gasteiger partial charge in [0.15, 0.2) is 0 Å². The molecule has 0 amide bonds. The molecule has 4 nitrogen and oxygen atoms in total. The second-order valence-corrected chi connectivity index (χ2v) is 11.6. The number of unbranched alkanes of at least 4 members (excludes halogenated alkanes) is 17. The van der Waals surface area contributed by atoms with Crippen molar-refractivity contribution in [1.29, 1.82) is 0 Å². The lowest BCUT2D eigenvalue weighted by atomic mass is 9.96. The van der Waals surface area contributed by atoms with Crippen LogP contribution in [0.15, 0.2) is 0 Å². The van der Waals surface area contributed by atoms with Crippen molar-refractivity contribution in [3.8, 4) is 0 Å². The van der Waals surface area contributed by atoms with Gasteiger partial charge in [0.2, 0.25) is 0 Å². The van der Waals surface area contributed by atoms with Crippen LogP contribution in [0.25, 0.3) is 0 Å². The third-order valence-electron chi connectivity index (χ3n) is 6.98. The molecule has 0 heterocycles. The Morgan fingerprint density at radius 1 is 0.697 bits per heavy atom. The topological polar surface area (TPSA) is 60.4 Å². The van der Waals surface area contributed by atoms with Gasteiger partial charge in [0.25, 0.3) is 0 Å². The normalized spacial score (nSPS) is 13.8. The van der Waals surface area contributed by atoms with Crippen LogP contribution in [0.3, 0.4) is 0 Å². The number of nitrogens with zero attached hydrogens (tertiary/aromatic N) is 1. The number of aliphatic carboxylic acids is 1. The van der Waals surface area contributed by atoms with Crippen LogP contribution in [0.2, 0.25) is 0 Å². The fraction of sp³-hybridized carbons (Fsp3) is 0.966. The predicted molar refractivity (Wildman–Crippen MR) is 140 cm³/mol. The second-order valence-electron chi connectivity index (χ2n) is 11.6. The maximum absolute atomic E-state index is 10.9. The van der Waals surface area contributed by atoms with Crippen molar-refractivity contribution in [2.75, 3.05) is 27.2 Å². The number of carbonyl (C=O) groups is 1. The summed E-state index contributed by atoms with van der Waals surface area (Å²) in [5, 5.41) is 21.3. The van der Waals surface area contributed by atoms with Crippen molar-refractivity contribution >= 4 is 5.97 Å². The van der Waals surface area contributed by atoms with Gasteiger partial charge in [-0.2, -0.15) is 0 Å². The molecule has 1 unspecified atom stereocenters. The molecule has 1 atom stereocenters. The summed E-state index contributed by atoms with van der Waals surface area (Å²) in [5.41, 5.74) is -0.568. The van der Waals surface area contributed by atoms with Crippen LogP contribution in [0.4, 0.5) is 0 Å². The largest absolute Gasteiger partial charge is 0.550 e. The van der Waals surface area contributed by atoms with Crippen LogP contribution in [0.5, 0.6) is 0 Å². The Kier molecular flexibility index (Phi) is 20.4. The van der Waals surface area contributed by atoms with E-state index in [2.05, 4.69) is 21.0 Å². The van der Waals surface area contributed by atoms with Gasteiger partial charge >= 0.3 is 0 Å². The van der Waals surface area contributed by atoms with Crippen LogP contribution in [-0.2, 0) is 4.79 Å². The molecule has 0 aliphatic heterocycles. The van der Waals surface area contributed by atoms with Crippen molar-refractivity contribution in [2.45, 2.75) is 154 Å². The fourth-order valence-electron chi connectivity index (χ4n) is 5.12. The van der Waals surface area contributed by atoms with Crippen molar-refractivity contribution in [3.63, 3.8) is 0 Å². The molecule has 0 bridgehead atoms. The zero-order chi connectivity index (χ0) is 24.8. The van der Waals surface area contributed by atoms with Gasteiger partial charge in [0.05, 0.1) is 20.6 Å². The Hall–Kier alpha value is -0.610. The van der Waals surface area contributed by atoms with Gasteiger partial charge in [-0.25, -0.2) is 0 Å². The van der Waals surface area contributed by atoms with Crippen molar-refractivity contribution in [1.82, 2.24) is 0 Å². The first-order chi connectivity index (χ1) is 15.7. The van der Waals surface area contributed by atoms with Gasteiger partial charge in [0, 0.05) is 5.97 Å². The van der Waals surface area contributed by atoms with Crippen LogP contribution in [0, 0.1) is 0 Å². The number of carboxylic acid groups (broad SMARTS) is 1. The number of quaternary nitrogens is 1. The highest BCUT2D eigenvalue weighted by Gasteiger charge is 2.29. The lowest BCUT2D eigenvalue weighted by Gasteiger charge is -2.36. The van der Waals surface area contributed by atoms with Gasteiger partial charge in [-0.15, -0.1) is 0 Å². The molecule has 0 aromatic carbocycles. The highest BCUT2D eigenvalue weighted by atomic mass is 16.4. The van der Waals surface area contributed by atoms with Gasteiger partial charge in [-0.3, -0.25) is 0 Å². The van der Waals surface area contributed by atoms with Gasteiger partial charge in [0.1, 0.15) is 12.1 Å². The average Bonchev–Trinajstić information content (AvgIpc) is 2.72. The van der Waals surface area contributed by atoms with E-state index < -0.39 is 11.6 Å². The number of likely N-dealkylation sites (N-methyl/N-ethyl adjacent to an activating group) is 1. The predicted octanol–water partition coefficient (Wildman–Crippen LogP) is 6.78. The smallest absolute Gasteiger partial charge is 0.111 e. The van der Waals surface area contributed by atoms with E-state index in [1.54, 1.807) is 0 Å². The summed E-state index contributed by atoms with van der Waals surface area (Å²) >= 11 is 0. The number of hydrogen-bond acceptors (Lipinski definition) is 3. The molecule has 0 aromatic heterocycles. The zero-order valence-electron chi connectivity index (χ0n) is 23.0. The van der Waals surface area contributed by atoms with Gasteiger partial charge < -0.3 is 19.5 Å². The molecule has 33 heavy (non-hydrogen) atoms. The summed E-state index contributed by atoms with van der Waals surface area (Å²) in [4.78, 5) is 10.4. The number of carbonyl (C=O) groups excluding carboxylic acids is 1. The Morgan fingerprint density at radius 3 is 1.55 bits per heavy atom. The molecule has 0 fully saturated rings. The minimum atomic E-state index is -0.926. The molecule has 0 saturated carbocycles. The third kappa shape index (κ3) is 24.3. The van der Waals surface area contributed by atoms with Crippen LogP contribution >= 0.6 is 0 Å². The van der Waals surface area contributed by atoms with Crippen molar-refractivity contribution in [3.05, 3.63) is 0 Å². The molecule has 0 spiro atoms. The summed E-state index contributed by atoms with van der Waals surface area (Å²) in [6.07, 6.45) is 25.1. The molecular weight excluding hydrogens is 410 g/mol. The van der Waals surface area contributed by atoms with E-state index in [4.69, 9.17) is 0 Å². The molecule has 0 rings (SSSR count). The molecule has 4 heteroatoms. The van der Waals surface area contributed by atoms with Crippen molar-refractivity contribution < 1.29 is 19.5 Å². The Labute approximate surface area is 207 Å². The minimum Gasteiger partial charge on any atom is -0.550 e. The molecule has 0 radical (unpaired) electrons. The summed E-state index contributed by atoms with van der Waals surface area (Å²) in [7, 11) is 4.49. The molecule has 0 aromatic rings. The monoisotopic (exact) mass is 469 g/mol. The van der Waals surface area contributed by atoms with Crippen LogP contribution in [0.1, 0.15) is 149 Å². The Bertz CT molecular complexity index is 448. The second kappa shape index (κ2) is 20.7.